The number of hydrogen-bond donors (Lipinski definition) is 0. The van der Waals surface area contributed by atoms with E-state index in [-0.39, 0.29) is 48.1 Å². The summed E-state index contributed by atoms with van der Waals surface area (Å²) >= 11 is 0. The number of rotatable bonds is 46. The minimum absolute atomic E-state index is 0.0756. The van der Waals surface area contributed by atoms with Crippen LogP contribution in [0.2, 0.25) is 0 Å². The van der Waals surface area contributed by atoms with Crippen molar-refractivity contribution in [2.75, 3.05) is 26.4 Å². The van der Waals surface area contributed by atoms with Crippen molar-refractivity contribution in [2.24, 2.45) is 11.8 Å². The monoisotopic (exact) mass is 899 g/mol. The molecule has 0 aromatic heterocycles. The summed E-state index contributed by atoms with van der Waals surface area (Å²) in [6.07, 6.45) is 42.1. The van der Waals surface area contributed by atoms with Gasteiger partial charge in [0, 0.05) is 0 Å². The standard InChI is InChI=1S/C56H98O8/c1-5-9-11-13-15-17-19-21-23-25-27-29-33-41-49(53(57)61-7-3)43-35-31-39-47-63-55(59)51-45-37-38-46-52(51)56(60)64-48-40-32-36-44-50(54(58)62-8-4)42-34-30-28-26-24-22-20-18-16-14-12-10-6-2/h37-38,45-46,49-50H,5-36,39-44,47-48H2,1-4H3. The lowest BCUT2D eigenvalue weighted by atomic mass is 9.94. The summed E-state index contributed by atoms with van der Waals surface area (Å²) in [6, 6.07) is 6.65. The minimum atomic E-state index is -0.534. The zero-order valence-corrected chi connectivity index (χ0v) is 42.0. The van der Waals surface area contributed by atoms with E-state index in [1.165, 1.54) is 141 Å². The first kappa shape index (κ1) is 59.1. The van der Waals surface area contributed by atoms with Crippen molar-refractivity contribution < 1.29 is 38.1 Å². The molecule has 0 heterocycles. The van der Waals surface area contributed by atoms with Crippen LogP contribution in [-0.2, 0) is 28.5 Å². The Morgan fingerprint density at radius 1 is 0.344 bits per heavy atom. The summed E-state index contributed by atoms with van der Waals surface area (Å²) in [5.74, 6) is -1.40. The number of ether oxygens (including phenoxy) is 4. The van der Waals surface area contributed by atoms with Crippen LogP contribution < -0.4 is 0 Å². The lowest BCUT2D eigenvalue weighted by molar-refractivity contribution is -0.149. The van der Waals surface area contributed by atoms with Crippen molar-refractivity contribution in [2.45, 2.75) is 259 Å². The molecule has 64 heavy (non-hydrogen) atoms. The molecule has 0 radical (unpaired) electrons. The molecule has 0 spiro atoms. The van der Waals surface area contributed by atoms with Gasteiger partial charge in [-0.3, -0.25) is 9.59 Å². The first-order valence-electron chi connectivity index (χ1n) is 27.2. The van der Waals surface area contributed by atoms with Crippen LogP contribution in [0.1, 0.15) is 280 Å². The van der Waals surface area contributed by atoms with Crippen molar-refractivity contribution in [3.05, 3.63) is 35.4 Å². The van der Waals surface area contributed by atoms with Crippen LogP contribution in [0.15, 0.2) is 24.3 Å². The third-order valence-electron chi connectivity index (χ3n) is 12.8. The molecule has 0 saturated carbocycles. The molecule has 0 N–H and O–H groups in total. The van der Waals surface area contributed by atoms with Crippen molar-refractivity contribution in [1.29, 1.82) is 0 Å². The van der Waals surface area contributed by atoms with E-state index in [2.05, 4.69) is 13.8 Å². The zero-order valence-electron chi connectivity index (χ0n) is 42.0. The van der Waals surface area contributed by atoms with Gasteiger partial charge in [0.25, 0.3) is 0 Å². The van der Waals surface area contributed by atoms with Gasteiger partial charge >= 0.3 is 23.9 Å². The Hall–Kier alpha value is -2.90. The van der Waals surface area contributed by atoms with Gasteiger partial charge in [-0.2, -0.15) is 0 Å². The normalized spacial score (nSPS) is 12.2. The number of carbonyl (C=O) groups is 4. The van der Waals surface area contributed by atoms with Gasteiger partial charge in [0.1, 0.15) is 0 Å². The SMILES string of the molecule is CCCCCCCCCCCCCCCC(CCCCCOC(=O)c1ccccc1C(=O)OCCCCCC(CCCCCCCCCCCCCCC)C(=O)OCC)C(=O)OCC. The van der Waals surface area contributed by atoms with E-state index in [9.17, 15) is 19.2 Å². The van der Waals surface area contributed by atoms with Gasteiger partial charge < -0.3 is 18.9 Å². The van der Waals surface area contributed by atoms with E-state index in [4.69, 9.17) is 18.9 Å². The summed E-state index contributed by atoms with van der Waals surface area (Å²) in [5, 5.41) is 0. The molecule has 1 aromatic carbocycles. The van der Waals surface area contributed by atoms with Gasteiger partial charge in [-0.1, -0.05) is 219 Å². The fraction of sp³-hybridized carbons (Fsp3) is 0.821. The van der Waals surface area contributed by atoms with Crippen LogP contribution in [0.5, 0.6) is 0 Å². The first-order chi connectivity index (χ1) is 31.4. The van der Waals surface area contributed by atoms with Crippen LogP contribution in [0.4, 0.5) is 0 Å². The van der Waals surface area contributed by atoms with E-state index in [1.807, 2.05) is 13.8 Å². The first-order valence-corrected chi connectivity index (χ1v) is 27.2. The number of unbranched alkanes of at least 4 members (excludes halogenated alkanes) is 28. The molecule has 0 aliphatic rings. The summed E-state index contributed by atoms with van der Waals surface area (Å²) in [6.45, 7) is 9.55. The third kappa shape index (κ3) is 32.7. The van der Waals surface area contributed by atoms with E-state index in [0.717, 1.165) is 77.0 Å². The largest absolute Gasteiger partial charge is 0.466 e. The number of carbonyl (C=O) groups excluding carboxylic acids is 4. The summed E-state index contributed by atoms with van der Waals surface area (Å²) in [7, 11) is 0. The molecule has 0 aliphatic carbocycles. The lowest BCUT2D eigenvalue weighted by Crippen LogP contribution is -2.18. The molecule has 370 valence electrons. The Morgan fingerprint density at radius 2 is 0.594 bits per heavy atom. The highest BCUT2D eigenvalue weighted by Crippen LogP contribution is 2.23. The van der Waals surface area contributed by atoms with Crippen molar-refractivity contribution in [3.8, 4) is 0 Å². The molecular formula is C56H98O8. The van der Waals surface area contributed by atoms with Crippen LogP contribution in [0, 0.1) is 11.8 Å². The Bertz CT molecular complexity index is 1170. The maximum atomic E-state index is 13.0. The van der Waals surface area contributed by atoms with E-state index in [1.54, 1.807) is 24.3 Å². The molecule has 0 bridgehead atoms. The minimum Gasteiger partial charge on any atom is -0.466 e. The molecule has 8 nitrogen and oxygen atoms in total. The zero-order chi connectivity index (χ0) is 46.6. The molecule has 1 aromatic rings. The maximum Gasteiger partial charge on any atom is 0.339 e. The molecule has 8 heteroatoms. The molecule has 0 fully saturated rings. The van der Waals surface area contributed by atoms with Gasteiger partial charge in [0.2, 0.25) is 0 Å². The Kier molecular flexibility index (Phi) is 40.6. The second kappa shape index (κ2) is 44.0. The van der Waals surface area contributed by atoms with Crippen molar-refractivity contribution >= 4 is 23.9 Å². The Morgan fingerprint density at radius 3 is 0.859 bits per heavy atom. The second-order valence-corrected chi connectivity index (χ2v) is 18.5. The van der Waals surface area contributed by atoms with Gasteiger partial charge in [0.15, 0.2) is 0 Å². The number of hydrogen-bond acceptors (Lipinski definition) is 8. The second-order valence-electron chi connectivity index (χ2n) is 18.5. The van der Waals surface area contributed by atoms with Gasteiger partial charge in [-0.25, -0.2) is 9.59 Å². The fourth-order valence-electron chi connectivity index (χ4n) is 8.76. The Balaban J connectivity index is 2.30. The molecule has 0 amide bonds. The van der Waals surface area contributed by atoms with Crippen molar-refractivity contribution in [1.82, 2.24) is 0 Å². The van der Waals surface area contributed by atoms with Gasteiger partial charge in [0.05, 0.1) is 49.4 Å². The number of esters is 4. The Labute approximate surface area is 393 Å². The molecule has 2 unspecified atom stereocenters. The maximum absolute atomic E-state index is 13.0. The van der Waals surface area contributed by atoms with Crippen molar-refractivity contribution in [3.63, 3.8) is 0 Å². The van der Waals surface area contributed by atoms with E-state index in [0.29, 0.717) is 26.1 Å². The molecule has 2 atom stereocenters. The van der Waals surface area contributed by atoms with Crippen LogP contribution >= 0.6 is 0 Å². The predicted octanol–water partition coefficient (Wildman–Crippen LogP) is 16.4. The predicted molar refractivity (Wildman–Crippen MR) is 265 cm³/mol. The average molecular weight is 899 g/mol. The fourth-order valence-corrected chi connectivity index (χ4v) is 8.76. The van der Waals surface area contributed by atoms with Crippen LogP contribution in [-0.4, -0.2) is 50.3 Å². The highest BCUT2D eigenvalue weighted by atomic mass is 16.5. The van der Waals surface area contributed by atoms with Gasteiger partial charge in [-0.15, -0.1) is 0 Å². The highest BCUT2D eigenvalue weighted by molar-refractivity contribution is 6.03. The molecule has 1 rings (SSSR count). The molecule has 0 saturated heterocycles. The van der Waals surface area contributed by atoms with Crippen LogP contribution in [0.25, 0.3) is 0 Å². The third-order valence-corrected chi connectivity index (χ3v) is 12.8. The van der Waals surface area contributed by atoms with E-state index < -0.39 is 11.9 Å². The average Bonchev–Trinajstić information content (AvgIpc) is 3.30. The lowest BCUT2D eigenvalue weighted by Gasteiger charge is -2.15. The smallest absolute Gasteiger partial charge is 0.339 e. The number of benzene rings is 1. The topological polar surface area (TPSA) is 105 Å². The molecular weight excluding hydrogens is 801 g/mol. The molecule has 0 aliphatic heterocycles. The van der Waals surface area contributed by atoms with Gasteiger partial charge in [-0.05, 0) is 64.5 Å². The van der Waals surface area contributed by atoms with Crippen LogP contribution in [0.3, 0.4) is 0 Å². The summed E-state index contributed by atoms with van der Waals surface area (Å²) in [5.41, 5.74) is 0.413. The summed E-state index contributed by atoms with van der Waals surface area (Å²) < 4.78 is 22.0. The summed E-state index contributed by atoms with van der Waals surface area (Å²) in [4.78, 5) is 51.4. The van der Waals surface area contributed by atoms with E-state index >= 15 is 0 Å². The highest BCUT2D eigenvalue weighted by Gasteiger charge is 2.22. The quantitative estimate of drug-likeness (QED) is 0.0362.